The fourth-order valence-corrected chi connectivity index (χ4v) is 2.70. The molecule has 3 aromatic rings. The SMILES string of the molecule is O=[N+]([O-])c1ccc(NN=Cc2ccc(-c3cccc(Cl)c3Cl)o2)c([N+](=O)[O-])c1. The summed E-state index contributed by atoms with van der Waals surface area (Å²) in [5.74, 6) is 0.818. The number of nitrogens with zero attached hydrogens (tertiary/aromatic N) is 3. The Labute approximate surface area is 167 Å². The van der Waals surface area contributed by atoms with Gasteiger partial charge in [0.1, 0.15) is 17.2 Å². The summed E-state index contributed by atoms with van der Waals surface area (Å²) in [6.45, 7) is 0. The van der Waals surface area contributed by atoms with Crippen molar-refractivity contribution in [3.05, 3.63) is 84.6 Å². The van der Waals surface area contributed by atoms with Gasteiger partial charge in [-0.3, -0.25) is 25.7 Å². The van der Waals surface area contributed by atoms with E-state index in [2.05, 4.69) is 10.5 Å². The molecule has 0 unspecified atom stereocenters. The highest BCUT2D eigenvalue weighted by atomic mass is 35.5. The van der Waals surface area contributed by atoms with E-state index in [9.17, 15) is 20.2 Å². The maximum Gasteiger partial charge on any atom is 0.301 e. The highest BCUT2D eigenvalue weighted by Gasteiger charge is 2.19. The van der Waals surface area contributed by atoms with Crippen LogP contribution in [0.2, 0.25) is 10.0 Å². The van der Waals surface area contributed by atoms with Gasteiger partial charge in [0.2, 0.25) is 0 Å². The van der Waals surface area contributed by atoms with E-state index in [0.717, 1.165) is 12.1 Å². The van der Waals surface area contributed by atoms with E-state index in [0.29, 0.717) is 27.1 Å². The molecule has 0 radical (unpaired) electrons. The van der Waals surface area contributed by atoms with Crippen LogP contribution in [0.4, 0.5) is 17.1 Å². The molecule has 0 aliphatic carbocycles. The number of anilines is 1. The van der Waals surface area contributed by atoms with Crippen LogP contribution in [-0.4, -0.2) is 16.1 Å². The van der Waals surface area contributed by atoms with Crippen LogP contribution in [0, 0.1) is 20.2 Å². The average Bonchev–Trinajstić information content (AvgIpc) is 3.12. The summed E-state index contributed by atoms with van der Waals surface area (Å²) in [5.41, 5.74) is 2.21. The zero-order chi connectivity index (χ0) is 20.3. The van der Waals surface area contributed by atoms with Crippen molar-refractivity contribution in [3.63, 3.8) is 0 Å². The summed E-state index contributed by atoms with van der Waals surface area (Å²) in [4.78, 5) is 20.4. The highest BCUT2D eigenvalue weighted by molar-refractivity contribution is 6.43. The van der Waals surface area contributed by atoms with Gasteiger partial charge in [-0.25, -0.2) is 0 Å². The van der Waals surface area contributed by atoms with Gasteiger partial charge in [0.25, 0.3) is 5.69 Å². The van der Waals surface area contributed by atoms with Crippen LogP contribution in [0.15, 0.2) is 58.0 Å². The fourth-order valence-electron chi connectivity index (χ4n) is 2.31. The molecule has 2 aromatic carbocycles. The molecule has 0 fully saturated rings. The largest absolute Gasteiger partial charge is 0.455 e. The van der Waals surface area contributed by atoms with Gasteiger partial charge in [-0.2, -0.15) is 5.10 Å². The first-order valence-corrected chi connectivity index (χ1v) is 8.38. The first-order valence-electron chi connectivity index (χ1n) is 7.63. The molecule has 0 bridgehead atoms. The van der Waals surface area contributed by atoms with Crippen LogP contribution in [0.1, 0.15) is 5.76 Å². The van der Waals surface area contributed by atoms with Crippen LogP contribution < -0.4 is 5.43 Å². The average molecular weight is 421 g/mol. The lowest BCUT2D eigenvalue weighted by Crippen LogP contribution is -1.98. The minimum absolute atomic E-state index is 0.00323. The molecule has 0 aliphatic rings. The molecule has 3 rings (SSSR count). The highest BCUT2D eigenvalue weighted by Crippen LogP contribution is 2.34. The Morgan fingerprint density at radius 2 is 1.82 bits per heavy atom. The first kappa shape index (κ1) is 19.3. The molecule has 11 heteroatoms. The lowest BCUT2D eigenvalue weighted by molar-refractivity contribution is -0.393. The summed E-state index contributed by atoms with van der Waals surface area (Å²) < 4.78 is 5.62. The van der Waals surface area contributed by atoms with Crippen LogP contribution in [0.5, 0.6) is 0 Å². The van der Waals surface area contributed by atoms with Crippen molar-refractivity contribution >= 4 is 46.5 Å². The molecular formula is C17H10Cl2N4O5. The van der Waals surface area contributed by atoms with Crippen molar-refractivity contribution in [1.29, 1.82) is 0 Å². The molecule has 1 aromatic heterocycles. The molecule has 0 saturated heterocycles. The van der Waals surface area contributed by atoms with Crippen molar-refractivity contribution in [2.24, 2.45) is 5.10 Å². The number of furan rings is 1. The second kappa shape index (κ2) is 8.07. The molecule has 0 saturated carbocycles. The van der Waals surface area contributed by atoms with Crippen molar-refractivity contribution in [2.45, 2.75) is 0 Å². The molecule has 28 heavy (non-hydrogen) atoms. The van der Waals surface area contributed by atoms with E-state index in [1.54, 1.807) is 30.3 Å². The van der Waals surface area contributed by atoms with E-state index in [-0.39, 0.29) is 5.69 Å². The van der Waals surface area contributed by atoms with E-state index in [1.807, 2.05) is 0 Å². The third kappa shape index (κ3) is 4.11. The van der Waals surface area contributed by atoms with Crippen LogP contribution >= 0.6 is 23.2 Å². The lowest BCUT2D eigenvalue weighted by atomic mass is 10.2. The minimum atomic E-state index is -0.739. The van der Waals surface area contributed by atoms with Gasteiger partial charge in [0.15, 0.2) is 0 Å². The number of nitrogens with one attached hydrogen (secondary N) is 1. The molecule has 1 heterocycles. The number of nitro benzene ring substituents is 2. The zero-order valence-electron chi connectivity index (χ0n) is 13.8. The monoisotopic (exact) mass is 420 g/mol. The maximum atomic E-state index is 11.1. The number of hydrogen-bond acceptors (Lipinski definition) is 7. The predicted octanol–water partition coefficient (Wildman–Crippen LogP) is 5.52. The number of rotatable bonds is 6. The Morgan fingerprint density at radius 1 is 1.04 bits per heavy atom. The summed E-state index contributed by atoms with van der Waals surface area (Å²) in [6, 6.07) is 11.6. The van der Waals surface area contributed by atoms with Crippen LogP contribution in [0.25, 0.3) is 11.3 Å². The van der Waals surface area contributed by atoms with Gasteiger partial charge >= 0.3 is 5.69 Å². The van der Waals surface area contributed by atoms with Crippen LogP contribution in [0.3, 0.4) is 0 Å². The molecule has 142 valence electrons. The Kier molecular flexibility index (Phi) is 5.57. The number of nitro groups is 2. The maximum absolute atomic E-state index is 11.1. The molecule has 0 aliphatic heterocycles. The van der Waals surface area contributed by atoms with E-state index < -0.39 is 21.2 Å². The number of halogens is 2. The number of benzene rings is 2. The topological polar surface area (TPSA) is 124 Å². The Morgan fingerprint density at radius 3 is 2.54 bits per heavy atom. The molecule has 0 spiro atoms. The van der Waals surface area contributed by atoms with Crippen molar-refractivity contribution in [3.8, 4) is 11.3 Å². The fraction of sp³-hybridized carbons (Fsp3) is 0. The van der Waals surface area contributed by atoms with Crippen LogP contribution in [-0.2, 0) is 0 Å². The van der Waals surface area contributed by atoms with Crippen molar-refractivity contribution in [2.75, 3.05) is 5.43 Å². The van der Waals surface area contributed by atoms with E-state index >= 15 is 0 Å². The predicted molar refractivity (Wildman–Crippen MR) is 105 cm³/mol. The van der Waals surface area contributed by atoms with E-state index in [4.69, 9.17) is 27.6 Å². The Balaban J connectivity index is 1.79. The summed E-state index contributed by atoms with van der Waals surface area (Å²) in [6.07, 6.45) is 1.30. The number of non-ortho nitro benzene ring substituents is 1. The van der Waals surface area contributed by atoms with Gasteiger partial charge in [0.05, 0.1) is 32.2 Å². The Hall–Kier alpha value is -3.43. The van der Waals surface area contributed by atoms with Gasteiger partial charge in [-0.15, -0.1) is 0 Å². The van der Waals surface area contributed by atoms with Gasteiger partial charge in [0, 0.05) is 11.6 Å². The zero-order valence-corrected chi connectivity index (χ0v) is 15.3. The molecular weight excluding hydrogens is 411 g/mol. The van der Waals surface area contributed by atoms with Gasteiger partial charge in [-0.1, -0.05) is 29.3 Å². The van der Waals surface area contributed by atoms with Crippen molar-refractivity contribution < 1.29 is 14.3 Å². The summed E-state index contributed by atoms with van der Waals surface area (Å²) >= 11 is 12.1. The summed E-state index contributed by atoms with van der Waals surface area (Å²) in [5, 5.41) is 26.5. The van der Waals surface area contributed by atoms with E-state index in [1.165, 1.54) is 12.3 Å². The Bertz CT molecular complexity index is 1100. The third-order valence-corrected chi connectivity index (χ3v) is 4.43. The number of hydrogen-bond donors (Lipinski definition) is 1. The van der Waals surface area contributed by atoms with Crippen molar-refractivity contribution in [1.82, 2.24) is 0 Å². The minimum Gasteiger partial charge on any atom is -0.455 e. The lowest BCUT2D eigenvalue weighted by Gasteiger charge is -2.02. The normalized spacial score (nSPS) is 10.9. The smallest absolute Gasteiger partial charge is 0.301 e. The second-order valence-corrected chi connectivity index (χ2v) is 6.17. The molecule has 0 amide bonds. The van der Waals surface area contributed by atoms with Gasteiger partial charge < -0.3 is 4.42 Å². The standard InChI is InChI=1S/C17H10Cl2N4O5/c18-13-3-1-2-12(17(13)19)16-7-5-11(28-16)9-20-21-14-6-4-10(22(24)25)8-15(14)23(26)27/h1-9,21H. The quantitative estimate of drug-likeness (QED) is 0.318. The third-order valence-electron chi connectivity index (χ3n) is 3.61. The number of hydrazone groups is 1. The second-order valence-electron chi connectivity index (χ2n) is 5.39. The summed E-state index contributed by atoms with van der Waals surface area (Å²) in [7, 11) is 0. The first-order chi connectivity index (χ1) is 13.4. The molecule has 1 N–H and O–H groups in total. The molecule has 9 nitrogen and oxygen atoms in total. The molecule has 0 atom stereocenters. The van der Waals surface area contributed by atoms with Gasteiger partial charge in [-0.05, 0) is 30.3 Å².